The fourth-order valence-electron chi connectivity index (χ4n) is 2.46. The van der Waals surface area contributed by atoms with E-state index in [0.29, 0.717) is 5.75 Å². The van der Waals surface area contributed by atoms with Gasteiger partial charge in [0.1, 0.15) is 5.75 Å². The molecule has 0 saturated carbocycles. The molecule has 0 amide bonds. The first-order chi connectivity index (χ1) is 8.76. The fourth-order valence-corrected chi connectivity index (χ4v) is 2.46. The molecular formula is C14H14N2O2. The summed E-state index contributed by atoms with van der Waals surface area (Å²) in [5.74, 6) is 0.714. The lowest BCUT2D eigenvalue weighted by atomic mass is 10.00. The van der Waals surface area contributed by atoms with Crippen molar-refractivity contribution in [1.29, 1.82) is 0 Å². The molecule has 1 aromatic heterocycles. The summed E-state index contributed by atoms with van der Waals surface area (Å²) in [5, 5.41) is 11.6. The van der Waals surface area contributed by atoms with E-state index in [1.807, 2.05) is 36.4 Å². The molecule has 0 atom stereocenters. The molecule has 92 valence electrons. The average Bonchev–Trinajstić information content (AvgIpc) is 2.41. The van der Waals surface area contributed by atoms with Gasteiger partial charge in [0.05, 0.1) is 25.1 Å². The van der Waals surface area contributed by atoms with E-state index in [2.05, 4.69) is 4.98 Å². The lowest BCUT2D eigenvalue weighted by Gasteiger charge is -2.25. The van der Waals surface area contributed by atoms with E-state index in [1.165, 1.54) is 0 Å². The second-order valence-corrected chi connectivity index (χ2v) is 4.30. The molecule has 18 heavy (non-hydrogen) atoms. The third-order valence-electron chi connectivity index (χ3n) is 3.27. The minimum Gasteiger partial charge on any atom is -0.494 e. The van der Waals surface area contributed by atoms with Crippen molar-refractivity contribution < 1.29 is 9.84 Å². The highest BCUT2D eigenvalue weighted by atomic mass is 16.5. The van der Waals surface area contributed by atoms with Gasteiger partial charge in [0.15, 0.2) is 0 Å². The van der Waals surface area contributed by atoms with Crippen molar-refractivity contribution in [3.63, 3.8) is 0 Å². The Morgan fingerprint density at radius 3 is 3.00 bits per heavy atom. The number of anilines is 1. The first-order valence-corrected chi connectivity index (χ1v) is 5.76. The van der Waals surface area contributed by atoms with Gasteiger partial charge in [-0.05, 0) is 23.6 Å². The Labute approximate surface area is 105 Å². The summed E-state index contributed by atoms with van der Waals surface area (Å²) in [6, 6.07) is 3.91. The van der Waals surface area contributed by atoms with Crippen molar-refractivity contribution in [1.82, 2.24) is 4.98 Å². The smallest absolute Gasteiger partial charge is 0.148 e. The van der Waals surface area contributed by atoms with E-state index in [9.17, 15) is 5.11 Å². The van der Waals surface area contributed by atoms with Gasteiger partial charge in [-0.2, -0.15) is 0 Å². The highest BCUT2D eigenvalue weighted by Gasteiger charge is 2.20. The summed E-state index contributed by atoms with van der Waals surface area (Å²) in [6.07, 6.45) is 5.71. The lowest BCUT2D eigenvalue weighted by molar-refractivity contribution is 0.274. The fraction of sp³-hybridized carbons (Fsp3) is 0.214. The summed E-state index contributed by atoms with van der Waals surface area (Å²) in [7, 11) is 3.59. The van der Waals surface area contributed by atoms with Crippen LogP contribution >= 0.6 is 0 Å². The van der Waals surface area contributed by atoms with Gasteiger partial charge in [0, 0.05) is 30.4 Å². The maximum atomic E-state index is 9.47. The summed E-state index contributed by atoms with van der Waals surface area (Å²) >= 11 is 0. The Bertz CT molecular complexity index is 650. The molecule has 1 aliphatic rings. The molecule has 1 N–H and O–H groups in total. The van der Waals surface area contributed by atoms with Crippen molar-refractivity contribution >= 4 is 22.5 Å². The van der Waals surface area contributed by atoms with Crippen LogP contribution in [0.3, 0.4) is 0 Å². The monoisotopic (exact) mass is 242 g/mol. The van der Waals surface area contributed by atoms with E-state index >= 15 is 0 Å². The molecule has 0 fully saturated rings. The van der Waals surface area contributed by atoms with Crippen LogP contribution in [-0.4, -0.2) is 24.2 Å². The number of methoxy groups -OCH3 is 1. The Hall–Kier alpha value is -2.07. The molecular weight excluding hydrogens is 228 g/mol. The quantitative estimate of drug-likeness (QED) is 0.876. The summed E-state index contributed by atoms with van der Waals surface area (Å²) in [5.41, 5.74) is 2.69. The summed E-state index contributed by atoms with van der Waals surface area (Å²) in [6.45, 7) is -0.0404. The first-order valence-electron chi connectivity index (χ1n) is 5.76. The first kappa shape index (κ1) is 11.0. The largest absolute Gasteiger partial charge is 0.494 e. The van der Waals surface area contributed by atoms with Gasteiger partial charge in [0.25, 0.3) is 0 Å². The molecule has 0 spiro atoms. The van der Waals surface area contributed by atoms with Crippen LogP contribution in [0, 0.1) is 0 Å². The van der Waals surface area contributed by atoms with E-state index < -0.39 is 0 Å². The van der Waals surface area contributed by atoms with Gasteiger partial charge in [-0.15, -0.1) is 0 Å². The second kappa shape index (κ2) is 3.99. The Kier molecular flexibility index (Phi) is 2.45. The van der Waals surface area contributed by atoms with Gasteiger partial charge < -0.3 is 14.7 Å². The second-order valence-electron chi connectivity index (χ2n) is 4.30. The third kappa shape index (κ3) is 1.39. The molecule has 4 heteroatoms. The van der Waals surface area contributed by atoms with E-state index in [4.69, 9.17) is 4.74 Å². The molecule has 4 nitrogen and oxygen atoms in total. The van der Waals surface area contributed by atoms with E-state index in [-0.39, 0.29) is 6.61 Å². The highest BCUT2D eigenvalue weighted by molar-refractivity contribution is 6.04. The molecule has 0 unspecified atom stereocenters. The topological polar surface area (TPSA) is 45.6 Å². The van der Waals surface area contributed by atoms with Gasteiger partial charge in [-0.3, -0.25) is 4.98 Å². The molecule has 0 radical (unpaired) electrons. The minimum absolute atomic E-state index is 0.0404. The van der Waals surface area contributed by atoms with Crippen molar-refractivity contribution in [3.8, 4) is 5.75 Å². The van der Waals surface area contributed by atoms with Crippen LogP contribution in [0.5, 0.6) is 5.75 Å². The van der Waals surface area contributed by atoms with Crippen LogP contribution < -0.4 is 9.64 Å². The van der Waals surface area contributed by atoms with Crippen molar-refractivity contribution in [3.05, 3.63) is 35.8 Å². The van der Waals surface area contributed by atoms with Crippen molar-refractivity contribution in [2.45, 2.75) is 6.61 Å². The molecule has 3 rings (SSSR count). The Balaban J connectivity index is 2.48. The van der Waals surface area contributed by atoms with Crippen LogP contribution in [0.25, 0.3) is 16.8 Å². The van der Waals surface area contributed by atoms with E-state index in [0.717, 1.165) is 27.7 Å². The number of hydrogen-bond acceptors (Lipinski definition) is 4. The Morgan fingerprint density at radius 1 is 1.44 bits per heavy atom. The summed E-state index contributed by atoms with van der Waals surface area (Å²) in [4.78, 5) is 6.37. The molecule has 0 aliphatic carbocycles. The number of ether oxygens (including phenoxy) is 1. The maximum Gasteiger partial charge on any atom is 0.148 e. The summed E-state index contributed by atoms with van der Waals surface area (Å²) < 4.78 is 5.46. The predicted molar refractivity (Wildman–Crippen MR) is 71.7 cm³/mol. The molecule has 1 aliphatic heterocycles. The number of aromatic nitrogens is 1. The number of pyridine rings is 1. The third-order valence-corrected chi connectivity index (χ3v) is 3.27. The molecule has 0 saturated heterocycles. The van der Waals surface area contributed by atoms with Gasteiger partial charge >= 0.3 is 0 Å². The van der Waals surface area contributed by atoms with Gasteiger partial charge in [-0.1, -0.05) is 0 Å². The maximum absolute atomic E-state index is 9.47. The number of nitrogens with zero attached hydrogens (tertiary/aromatic N) is 2. The normalized spacial score (nSPS) is 13.2. The SMILES string of the molecule is COc1c(CO)cc2ccnc3c2c1N(C)C=C3. The lowest BCUT2D eigenvalue weighted by Crippen LogP contribution is -2.14. The van der Waals surface area contributed by atoms with Crippen LogP contribution in [0.15, 0.2) is 24.5 Å². The highest BCUT2D eigenvalue weighted by Crippen LogP contribution is 2.42. The van der Waals surface area contributed by atoms with Crippen LogP contribution in [0.1, 0.15) is 11.3 Å². The zero-order chi connectivity index (χ0) is 12.7. The Morgan fingerprint density at radius 2 is 2.28 bits per heavy atom. The molecule has 2 heterocycles. The number of hydrogen-bond donors (Lipinski definition) is 1. The number of benzene rings is 1. The van der Waals surface area contributed by atoms with Gasteiger partial charge in [-0.25, -0.2) is 0 Å². The van der Waals surface area contributed by atoms with Gasteiger partial charge in [0.2, 0.25) is 0 Å². The number of rotatable bonds is 2. The predicted octanol–water partition coefficient (Wildman–Crippen LogP) is 2.16. The van der Waals surface area contributed by atoms with E-state index in [1.54, 1.807) is 13.3 Å². The number of aliphatic hydroxyl groups is 1. The standard InChI is InChI=1S/C14H14N2O2/c1-16-6-4-11-12-9(3-5-15-11)7-10(8-17)14(18-2)13(12)16/h3-7,17H,8H2,1-2H3. The molecule has 2 aromatic rings. The minimum atomic E-state index is -0.0404. The number of aliphatic hydroxyl groups excluding tert-OH is 1. The molecule has 0 bridgehead atoms. The zero-order valence-electron chi connectivity index (χ0n) is 10.3. The zero-order valence-corrected chi connectivity index (χ0v) is 10.3. The average molecular weight is 242 g/mol. The van der Waals surface area contributed by atoms with Crippen molar-refractivity contribution in [2.75, 3.05) is 19.1 Å². The molecule has 1 aromatic carbocycles. The van der Waals surface area contributed by atoms with Crippen LogP contribution in [0.2, 0.25) is 0 Å². The van der Waals surface area contributed by atoms with Crippen LogP contribution in [-0.2, 0) is 6.61 Å². The van der Waals surface area contributed by atoms with Crippen molar-refractivity contribution in [2.24, 2.45) is 0 Å². The van der Waals surface area contributed by atoms with Crippen LogP contribution in [0.4, 0.5) is 5.69 Å².